The number of carboxylic acids is 1. The molecule has 28 heavy (non-hydrogen) atoms. The number of hydrogen-bond donors (Lipinski definition) is 1. The Labute approximate surface area is 164 Å². The lowest BCUT2D eigenvalue weighted by atomic mass is 10.0. The average molecular weight is 387 g/mol. The first-order chi connectivity index (χ1) is 13.5. The van der Waals surface area contributed by atoms with Crippen LogP contribution < -0.4 is 10.7 Å². The first-order valence-electron chi connectivity index (χ1n) is 8.62. The van der Waals surface area contributed by atoms with E-state index in [-0.39, 0.29) is 10.4 Å². The van der Waals surface area contributed by atoms with E-state index in [2.05, 4.69) is 9.97 Å². The number of nitrogens with zero attached hydrogens (tertiary/aromatic N) is 1. The Morgan fingerprint density at radius 1 is 1.07 bits per heavy atom. The summed E-state index contributed by atoms with van der Waals surface area (Å²) in [4.78, 5) is 31.9. The summed E-state index contributed by atoms with van der Waals surface area (Å²) in [5, 5.41) is 11.6. The summed E-state index contributed by atoms with van der Waals surface area (Å²) in [7, 11) is 0. The van der Waals surface area contributed by atoms with Gasteiger partial charge in [0.25, 0.3) is 5.56 Å². The van der Waals surface area contributed by atoms with E-state index in [1.54, 1.807) is 6.92 Å². The molecule has 138 valence electrons. The van der Waals surface area contributed by atoms with Crippen molar-refractivity contribution >= 4 is 39.2 Å². The first kappa shape index (κ1) is 17.9. The summed E-state index contributed by atoms with van der Waals surface area (Å²) in [6, 6.07) is 19.3. The van der Waals surface area contributed by atoms with E-state index in [0.29, 0.717) is 21.6 Å². The normalized spacial score (nSPS) is 11.7. The number of nitrogens with one attached hydrogen (secondary N) is 1. The maximum absolute atomic E-state index is 12.7. The minimum atomic E-state index is -1.30. The van der Waals surface area contributed by atoms with Crippen LogP contribution in [0, 0.1) is 6.92 Å². The molecule has 0 saturated carbocycles. The Balaban J connectivity index is 1.97. The summed E-state index contributed by atoms with van der Waals surface area (Å²) in [5.41, 5.74) is 2.61. The predicted octanol–water partition coefficient (Wildman–Crippen LogP) is 3.25. The van der Waals surface area contributed by atoms with Crippen molar-refractivity contribution in [2.45, 2.75) is 6.92 Å². The van der Waals surface area contributed by atoms with Crippen LogP contribution in [0.25, 0.3) is 21.9 Å². The molecule has 4 aromatic rings. The van der Waals surface area contributed by atoms with Crippen LogP contribution in [0.2, 0.25) is 0 Å². The fourth-order valence-electron chi connectivity index (χ4n) is 3.09. The second kappa shape index (κ2) is 7.25. The molecule has 2 aromatic heterocycles. The zero-order valence-corrected chi connectivity index (χ0v) is 15.7. The molecule has 0 saturated heterocycles. The number of fused-ring (bicyclic) bond motifs is 1. The first-order valence-corrected chi connectivity index (χ1v) is 9.43. The number of carboxylic acid groups (broad SMARTS) is 1. The lowest BCUT2D eigenvalue weighted by molar-refractivity contribution is -0.254. The number of carbonyl (C=O) groups is 1. The summed E-state index contributed by atoms with van der Waals surface area (Å²) >= 11 is 0.959. The Morgan fingerprint density at radius 2 is 1.71 bits per heavy atom. The van der Waals surface area contributed by atoms with Gasteiger partial charge < -0.3 is 14.9 Å². The van der Waals surface area contributed by atoms with Crippen LogP contribution in [0.1, 0.15) is 32.2 Å². The molecule has 0 aliphatic rings. The molecule has 0 atom stereocenters. The van der Waals surface area contributed by atoms with Gasteiger partial charge in [0.15, 0.2) is 0 Å². The van der Waals surface area contributed by atoms with E-state index >= 15 is 0 Å². The minimum absolute atomic E-state index is 0.0263. The Kier molecular flexibility index (Phi) is 4.63. The highest BCUT2D eigenvalue weighted by atomic mass is 32.1. The third kappa shape index (κ3) is 3.25. The number of aromatic nitrogens is 2. The maximum Gasteiger partial charge on any atom is 0.260 e. The molecular weight excluding hydrogens is 372 g/mol. The van der Waals surface area contributed by atoms with Gasteiger partial charge in [-0.25, -0.2) is 4.98 Å². The van der Waals surface area contributed by atoms with Crippen molar-refractivity contribution in [1.82, 2.24) is 9.97 Å². The predicted molar refractivity (Wildman–Crippen MR) is 109 cm³/mol. The number of rotatable bonds is 4. The van der Waals surface area contributed by atoms with Crippen molar-refractivity contribution in [2.75, 3.05) is 0 Å². The highest BCUT2D eigenvalue weighted by Crippen LogP contribution is 2.29. The van der Waals surface area contributed by atoms with Crippen molar-refractivity contribution < 1.29 is 9.90 Å². The van der Waals surface area contributed by atoms with Gasteiger partial charge in [-0.2, -0.15) is 0 Å². The molecule has 0 fully saturated rings. The summed E-state index contributed by atoms with van der Waals surface area (Å²) in [6.45, 7) is 1.60. The van der Waals surface area contributed by atoms with Crippen molar-refractivity contribution in [3.05, 3.63) is 98.4 Å². The van der Waals surface area contributed by atoms with Gasteiger partial charge in [-0.1, -0.05) is 60.7 Å². The van der Waals surface area contributed by atoms with Crippen LogP contribution in [-0.4, -0.2) is 15.9 Å². The molecule has 0 aliphatic carbocycles. The Hall–Kier alpha value is -3.51. The van der Waals surface area contributed by atoms with E-state index in [1.807, 2.05) is 66.7 Å². The zero-order chi connectivity index (χ0) is 19.7. The van der Waals surface area contributed by atoms with Gasteiger partial charge in [0, 0.05) is 5.57 Å². The molecule has 0 aliphatic heterocycles. The monoisotopic (exact) mass is 387 g/mol. The van der Waals surface area contributed by atoms with E-state index in [9.17, 15) is 14.7 Å². The van der Waals surface area contributed by atoms with Gasteiger partial charge in [0.1, 0.15) is 10.7 Å². The van der Waals surface area contributed by atoms with Crippen molar-refractivity contribution in [1.29, 1.82) is 0 Å². The van der Waals surface area contributed by atoms with Crippen LogP contribution in [0.5, 0.6) is 0 Å². The molecule has 0 spiro atoms. The van der Waals surface area contributed by atoms with E-state index in [4.69, 9.17) is 0 Å². The lowest BCUT2D eigenvalue weighted by Crippen LogP contribution is -2.21. The third-order valence-electron chi connectivity index (χ3n) is 4.44. The second-order valence-electron chi connectivity index (χ2n) is 6.27. The number of hydrogen-bond acceptors (Lipinski definition) is 5. The van der Waals surface area contributed by atoms with Crippen LogP contribution >= 0.6 is 11.3 Å². The molecule has 0 bridgehead atoms. The van der Waals surface area contributed by atoms with Gasteiger partial charge >= 0.3 is 0 Å². The van der Waals surface area contributed by atoms with E-state index in [1.165, 1.54) is 0 Å². The summed E-state index contributed by atoms with van der Waals surface area (Å²) < 4.78 is 0. The number of aromatic amines is 1. The maximum atomic E-state index is 12.7. The quantitative estimate of drug-likeness (QED) is 0.545. The molecule has 0 amide bonds. The molecule has 0 unspecified atom stereocenters. The fourth-order valence-corrected chi connectivity index (χ4v) is 4.10. The molecule has 4 rings (SSSR count). The van der Waals surface area contributed by atoms with Gasteiger partial charge in [0.2, 0.25) is 0 Å². The molecule has 6 heteroatoms. The van der Waals surface area contributed by atoms with Gasteiger partial charge in [-0.15, -0.1) is 11.3 Å². The van der Waals surface area contributed by atoms with Gasteiger partial charge in [-0.05, 0) is 29.7 Å². The molecule has 0 radical (unpaired) electrons. The lowest BCUT2D eigenvalue weighted by Gasteiger charge is -2.08. The molecule has 2 heterocycles. The highest BCUT2D eigenvalue weighted by molar-refractivity contribution is 7.20. The third-order valence-corrected chi connectivity index (χ3v) is 5.60. The number of carbonyl (C=O) groups excluding carboxylic acids is 1. The van der Waals surface area contributed by atoms with Crippen molar-refractivity contribution in [3.8, 4) is 0 Å². The number of H-pyrrole nitrogens is 1. The van der Waals surface area contributed by atoms with E-state index in [0.717, 1.165) is 28.0 Å². The standard InChI is InChI=1S/C22H16N2O3S/c1-13-17-20(25)23-19(24-21(17)28-18(13)22(26)27)16(15-10-6-3-7-11-15)12-14-8-4-2-5-9-14/h2-12H,1H3,(H,26,27)(H,23,24,25)/p-1/b16-12-. The van der Waals surface area contributed by atoms with Crippen LogP contribution in [0.4, 0.5) is 0 Å². The molecule has 5 nitrogen and oxygen atoms in total. The van der Waals surface area contributed by atoms with Gasteiger partial charge in [-0.3, -0.25) is 4.79 Å². The highest BCUT2D eigenvalue weighted by Gasteiger charge is 2.17. The number of benzene rings is 2. The number of thiophene rings is 1. The average Bonchev–Trinajstić information content (AvgIpc) is 3.05. The van der Waals surface area contributed by atoms with Crippen molar-refractivity contribution in [3.63, 3.8) is 0 Å². The largest absolute Gasteiger partial charge is 0.544 e. The Morgan fingerprint density at radius 3 is 2.36 bits per heavy atom. The topological polar surface area (TPSA) is 85.9 Å². The minimum Gasteiger partial charge on any atom is -0.544 e. The summed E-state index contributed by atoms with van der Waals surface area (Å²) in [5.74, 6) is -0.914. The molecule has 2 aromatic carbocycles. The SMILES string of the molecule is Cc1c(C(=O)[O-])sc2nc(/C(=C\c3ccccc3)c3ccccc3)[nH]c(=O)c12. The molecule has 1 N–H and O–H groups in total. The number of aromatic carboxylic acids is 1. The van der Waals surface area contributed by atoms with Gasteiger partial charge in [0.05, 0.1) is 16.2 Å². The van der Waals surface area contributed by atoms with E-state index < -0.39 is 5.97 Å². The van der Waals surface area contributed by atoms with Crippen LogP contribution in [0.3, 0.4) is 0 Å². The number of aryl methyl sites for hydroxylation is 1. The van der Waals surface area contributed by atoms with Crippen molar-refractivity contribution in [2.24, 2.45) is 0 Å². The Bertz CT molecular complexity index is 1260. The van der Waals surface area contributed by atoms with Crippen LogP contribution in [0.15, 0.2) is 65.5 Å². The second-order valence-corrected chi connectivity index (χ2v) is 7.27. The summed E-state index contributed by atoms with van der Waals surface area (Å²) in [6.07, 6.45) is 1.94. The fraction of sp³-hybridized carbons (Fsp3) is 0.0455. The molecular formula is C22H15N2O3S-. The van der Waals surface area contributed by atoms with Crippen LogP contribution in [-0.2, 0) is 0 Å². The smallest absolute Gasteiger partial charge is 0.260 e. The zero-order valence-electron chi connectivity index (χ0n) is 14.9.